The molecular weight excluding hydrogens is 188 g/mol. The molecule has 0 aromatic heterocycles. The summed E-state index contributed by atoms with van der Waals surface area (Å²) in [6, 6.07) is 0. The summed E-state index contributed by atoms with van der Waals surface area (Å²) in [6.07, 6.45) is 3.13. The molecule has 1 saturated carbocycles. The Labute approximate surface area is 92.0 Å². The van der Waals surface area contributed by atoms with Gasteiger partial charge >= 0.3 is 0 Å². The second kappa shape index (κ2) is 4.12. The second-order valence-electron chi connectivity index (χ2n) is 5.76. The predicted molar refractivity (Wildman–Crippen MR) is 60.5 cm³/mol. The van der Waals surface area contributed by atoms with Gasteiger partial charge in [0.1, 0.15) is 0 Å². The Morgan fingerprint density at radius 2 is 2.27 bits per heavy atom. The van der Waals surface area contributed by atoms with Gasteiger partial charge in [-0.15, -0.1) is 0 Å². The fraction of sp³-hybridized carbons (Fsp3) is 0.917. The maximum Gasteiger partial charge on any atom is 0.220 e. The monoisotopic (exact) mass is 210 g/mol. The Morgan fingerprint density at radius 1 is 1.53 bits per heavy atom. The molecule has 1 amide bonds. The van der Waals surface area contributed by atoms with Gasteiger partial charge in [0.05, 0.1) is 0 Å². The zero-order valence-electron chi connectivity index (χ0n) is 9.81. The van der Waals surface area contributed by atoms with Crippen molar-refractivity contribution in [3.8, 4) is 0 Å². The van der Waals surface area contributed by atoms with Crippen molar-refractivity contribution in [1.82, 2.24) is 10.6 Å². The van der Waals surface area contributed by atoms with E-state index in [-0.39, 0.29) is 5.91 Å². The molecule has 0 bridgehead atoms. The van der Waals surface area contributed by atoms with Gasteiger partial charge in [0.15, 0.2) is 0 Å². The normalized spacial score (nSPS) is 32.7. The number of rotatable bonds is 4. The van der Waals surface area contributed by atoms with E-state index < -0.39 is 0 Å². The molecule has 3 heteroatoms. The van der Waals surface area contributed by atoms with Crippen molar-refractivity contribution < 1.29 is 4.79 Å². The van der Waals surface area contributed by atoms with E-state index >= 15 is 0 Å². The molecule has 1 aliphatic heterocycles. The highest BCUT2D eigenvalue weighted by atomic mass is 16.1. The lowest BCUT2D eigenvalue weighted by Gasteiger charge is -2.09. The molecule has 1 saturated heterocycles. The van der Waals surface area contributed by atoms with Crippen LogP contribution in [0.25, 0.3) is 0 Å². The van der Waals surface area contributed by atoms with Crippen LogP contribution in [0.4, 0.5) is 0 Å². The van der Waals surface area contributed by atoms with Gasteiger partial charge in [0.25, 0.3) is 0 Å². The Balaban J connectivity index is 1.61. The van der Waals surface area contributed by atoms with E-state index in [1.807, 2.05) is 0 Å². The molecule has 2 aliphatic rings. The molecule has 1 aliphatic carbocycles. The van der Waals surface area contributed by atoms with E-state index in [0.29, 0.717) is 23.7 Å². The summed E-state index contributed by atoms with van der Waals surface area (Å²) in [7, 11) is 0. The summed E-state index contributed by atoms with van der Waals surface area (Å²) in [5.74, 6) is 1.52. The molecule has 0 spiro atoms. The third kappa shape index (κ3) is 2.94. The highest BCUT2D eigenvalue weighted by Crippen LogP contribution is 2.50. The third-order valence-corrected chi connectivity index (χ3v) is 3.90. The van der Waals surface area contributed by atoms with Crippen LogP contribution in [-0.4, -0.2) is 25.5 Å². The van der Waals surface area contributed by atoms with Crippen molar-refractivity contribution in [2.24, 2.45) is 17.3 Å². The van der Waals surface area contributed by atoms with Crippen molar-refractivity contribution in [2.45, 2.75) is 33.1 Å². The first-order valence-electron chi connectivity index (χ1n) is 6.05. The van der Waals surface area contributed by atoms with Gasteiger partial charge < -0.3 is 10.6 Å². The van der Waals surface area contributed by atoms with Crippen LogP contribution in [0, 0.1) is 17.3 Å². The smallest absolute Gasteiger partial charge is 0.220 e. The lowest BCUT2D eigenvalue weighted by atomic mass is 10.0. The summed E-state index contributed by atoms with van der Waals surface area (Å²) in [4.78, 5) is 11.6. The zero-order chi connectivity index (χ0) is 10.9. The first-order chi connectivity index (χ1) is 7.08. The van der Waals surface area contributed by atoms with Crippen molar-refractivity contribution >= 4 is 5.91 Å². The third-order valence-electron chi connectivity index (χ3n) is 3.90. The van der Waals surface area contributed by atoms with Gasteiger partial charge in [-0.25, -0.2) is 0 Å². The topological polar surface area (TPSA) is 41.1 Å². The predicted octanol–water partition coefficient (Wildman–Crippen LogP) is 1.15. The molecule has 2 rings (SSSR count). The molecule has 0 radical (unpaired) electrons. The highest BCUT2D eigenvalue weighted by molar-refractivity contribution is 5.76. The molecule has 0 aromatic rings. The van der Waals surface area contributed by atoms with Crippen LogP contribution in [0.15, 0.2) is 0 Å². The van der Waals surface area contributed by atoms with E-state index in [1.54, 1.807) is 0 Å². The second-order valence-corrected chi connectivity index (χ2v) is 5.76. The maximum atomic E-state index is 11.6. The van der Waals surface area contributed by atoms with Gasteiger partial charge in [-0.1, -0.05) is 13.8 Å². The van der Waals surface area contributed by atoms with Crippen LogP contribution < -0.4 is 10.6 Å². The minimum absolute atomic E-state index is 0.242. The first kappa shape index (κ1) is 10.9. The van der Waals surface area contributed by atoms with Crippen LogP contribution in [-0.2, 0) is 4.79 Å². The molecule has 2 unspecified atom stereocenters. The summed E-state index contributed by atoms with van der Waals surface area (Å²) in [5.41, 5.74) is 0.474. The molecule has 2 atom stereocenters. The number of carbonyl (C=O) groups excluding carboxylic acids is 1. The van der Waals surface area contributed by atoms with Gasteiger partial charge in [-0.2, -0.15) is 0 Å². The maximum absolute atomic E-state index is 11.6. The van der Waals surface area contributed by atoms with Crippen LogP contribution in [0.5, 0.6) is 0 Å². The van der Waals surface area contributed by atoms with E-state index in [1.165, 1.54) is 6.42 Å². The minimum atomic E-state index is 0.242. The lowest BCUT2D eigenvalue weighted by Crippen LogP contribution is -2.28. The molecule has 2 N–H and O–H groups in total. The van der Waals surface area contributed by atoms with Crippen molar-refractivity contribution in [3.63, 3.8) is 0 Å². The van der Waals surface area contributed by atoms with Gasteiger partial charge in [0.2, 0.25) is 5.91 Å². The number of hydrogen-bond donors (Lipinski definition) is 2. The molecule has 86 valence electrons. The number of carbonyl (C=O) groups is 1. The summed E-state index contributed by atoms with van der Waals surface area (Å²) >= 11 is 0. The number of nitrogens with one attached hydrogen (secondary N) is 2. The van der Waals surface area contributed by atoms with Gasteiger partial charge in [-0.05, 0) is 43.2 Å². The van der Waals surface area contributed by atoms with Gasteiger partial charge in [0, 0.05) is 13.0 Å². The largest absolute Gasteiger partial charge is 0.356 e. The molecule has 1 heterocycles. The molecule has 0 aromatic carbocycles. The van der Waals surface area contributed by atoms with E-state index in [4.69, 9.17) is 0 Å². The fourth-order valence-corrected chi connectivity index (χ4v) is 2.38. The first-order valence-corrected chi connectivity index (χ1v) is 6.05. The Bertz CT molecular complexity index is 244. The highest BCUT2D eigenvalue weighted by Gasteiger charge is 2.45. The molecule has 2 fully saturated rings. The molecular formula is C12H22N2O. The number of hydrogen-bond acceptors (Lipinski definition) is 2. The van der Waals surface area contributed by atoms with Crippen LogP contribution in [0.3, 0.4) is 0 Å². The van der Waals surface area contributed by atoms with Crippen LogP contribution >= 0.6 is 0 Å². The molecule has 3 nitrogen and oxygen atoms in total. The van der Waals surface area contributed by atoms with Gasteiger partial charge in [-0.3, -0.25) is 4.79 Å². The average Bonchev–Trinajstić information content (AvgIpc) is 2.62. The standard InChI is InChI=1S/C12H22N2O/c1-12(2)6-10(12)8-14-11(15)5-9-3-4-13-7-9/h9-10,13H,3-8H2,1-2H3,(H,14,15). The van der Waals surface area contributed by atoms with Crippen LogP contribution in [0.2, 0.25) is 0 Å². The van der Waals surface area contributed by atoms with E-state index in [2.05, 4.69) is 24.5 Å². The van der Waals surface area contributed by atoms with Crippen molar-refractivity contribution in [2.75, 3.05) is 19.6 Å². The Morgan fingerprint density at radius 3 is 2.80 bits per heavy atom. The minimum Gasteiger partial charge on any atom is -0.356 e. The lowest BCUT2D eigenvalue weighted by molar-refractivity contribution is -0.121. The Kier molecular flexibility index (Phi) is 3.01. The van der Waals surface area contributed by atoms with E-state index in [0.717, 1.165) is 26.1 Å². The quantitative estimate of drug-likeness (QED) is 0.731. The van der Waals surface area contributed by atoms with E-state index in [9.17, 15) is 4.79 Å². The summed E-state index contributed by atoms with van der Waals surface area (Å²) in [5, 5.41) is 6.35. The van der Waals surface area contributed by atoms with Crippen molar-refractivity contribution in [1.29, 1.82) is 0 Å². The van der Waals surface area contributed by atoms with Crippen LogP contribution in [0.1, 0.15) is 33.1 Å². The summed E-state index contributed by atoms with van der Waals surface area (Å²) < 4.78 is 0. The number of amides is 1. The SMILES string of the molecule is CC1(C)CC1CNC(=O)CC1CCNC1. The summed E-state index contributed by atoms with van der Waals surface area (Å²) in [6.45, 7) is 7.51. The fourth-order valence-electron chi connectivity index (χ4n) is 2.38. The Hall–Kier alpha value is -0.570. The molecule has 15 heavy (non-hydrogen) atoms. The van der Waals surface area contributed by atoms with Crippen molar-refractivity contribution in [3.05, 3.63) is 0 Å². The zero-order valence-corrected chi connectivity index (χ0v) is 9.81. The average molecular weight is 210 g/mol.